The van der Waals surface area contributed by atoms with Crippen molar-refractivity contribution in [3.63, 3.8) is 0 Å². The van der Waals surface area contributed by atoms with Gasteiger partial charge in [-0.2, -0.15) is 0 Å². The third-order valence-corrected chi connectivity index (χ3v) is 4.04. The fraction of sp³-hybridized carbons (Fsp3) is 0.533. The van der Waals surface area contributed by atoms with E-state index in [1.54, 1.807) is 0 Å². The third kappa shape index (κ3) is 3.03. The molecule has 0 aliphatic rings. The van der Waals surface area contributed by atoms with Crippen LogP contribution in [0.25, 0.3) is 11.0 Å². The van der Waals surface area contributed by atoms with Gasteiger partial charge in [0.25, 0.3) is 0 Å². The number of para-hydroxylation sites is 1. The summed E-state index contributed by atoms with van der Waals surface area (Å²) in [6, 6.07) is 5.77. The monoisotopic (exact) mass is 279 g/mol. The van der Waals surface area contributed by atoms with Gasteiger partial charge in [-0.1, -0.05) is 50.8 Å². The first-order valence-electron chi connectivity index (χ1n) is 7.07. The minimum absolute atomic E-state index is 0.568. The van der Waals surface area contributed by atoms with E-state index in [1.165, 1.54) is 19.3 Å². The van der Waals surface area contributed by atoms with Crippen LogP contribution >= 0.6 is 11.6 Å². The maximum Gasteiger partial charge on any atom is 0.201 e. The summed E-state index contributed by atoms with van der Waals surface area (Å²) in [7, 11) is 0. The van der Waals surface area contributed by atoms with Crippen LogP contribution in [-0.2, 0) is 6.54 Å². The number of hydrogen-bond acceptors (Lipinski definition) is 2. The second-order valence-electron chi connectivity index (χ2n) is 5.10. The molecule has 4 heteroatoms. The predicted octanol–water partition coefficient (Wildman–Crippen LogP) is 4.49. The Morgan fingerprint density at radius 3 is 2.84 bits per heavy atom. The lowest BCUT2D eigenvalue weighted by Gasteiger charge is -2.17. The van der Waals surface area contributed by atoms with Crippen molar-refractivity contribution in [2.45, 2.75) is 46.1 Å². The number of anilines is 1. The summed E-state index contributed by atoms with van der Waals surface area (Å²) in [6.07, 6.45) is 4.89. The zero-order valence-electron chi connectivity index (χ0n) is 11.7. The number of nitrogen functional groups attached to an aromatic ring is 1. The van der Waals surface area contributed by atoms with E-state index in [9.17, 15) is 0 Å². The van der Waals surface area contributed by atoms with Crippen molar-refractivity contribution in [1.82, 2.24) is 9.55 Å². The van der Waals surface area contributed by atoms with E-state index in [0.29, 0.717) is 11.9 Å². The molecule has 1 aromatic carbocycles. The lowest BCUT2D eigenvalue weighted by atomic mass is 9.99. The van der Waals surface area contributed by atoms with Crippen LogP contribution in [0.2, 0.25) is 5.02 Å². The molecule has 0 fully saturated rings. The lowest BCUT2D eigenvalue weighted by Crippen LogP contribution is -2.12. The smallest absolute Gasteiger partial charge is 0.201 e. The Morgan fingerprint density at radius 2 is 2.16 bits per heavy atom. The van der Waals surface area contributed by atoms with Gasteiger partial charge in [0.15, 0.2) is 0 Å². The molecule has 19 heavy (non-hydrogen) atoms. The Morgan fingerprint density at radius 1 is 1.37 bits per heavy atom. The molecule has 2 rings (SSSR count). The van der Waals surface area contributed by atoms with Crippen LogP contribution in [0.5, 0.6) is 0 Å². The van der Waals surface area contributed by atoms with Crippen molar-refractivity contribution in [2.24, 2.45) is 5.92 Å². The highest BCUT2D eigenvalue weighted by atomic mass is 35.5. The summed E-state index contributed by atoms with van der Waals surface area (Å²) in [5.74, 6) is 1.20. The number of nitrogens with zero attached hydrogens (tertiary/aromatic N) is 2. The minimum Gasteiger partial charge on any atom is -0.369 e. The van der Waals surface area contributed by atoms with Crippen LogP contribution in [0.15, 0.2) is 18.2 Å². The van der Waals surface area contributed by atoms with E-state index in [2.05, 4.69) is 23.4 Å². The highest BCUT2D eigenvalue weighted by Gasteiger charge is 2.14. The maximum absolute atomic E-state index is 6.29. The molecular weight excluding hydrogens is 258 g/mol. The molecule has 0 bridgehead atoms. The number of halogens is 1. The lowest BCUT2D eigenvalue weighted by molar-refractivity contribution is 0.398. The molecule has 0 saturated carbocycles. The van der Waals surface area contributed by atoms with Gasteiger partial charge in [0.1, 0.15) is 0 Å². The number of benzene rings is 1. The van der Waals surface area contributed by atoms with Crippen LogP contribution in [-0.4, -0.2) is 9.55 Å². The Kier molecular flexibility index (Phi) is 4.70. The van der Waals surface area contributed by atoms with E-state index < -0.39 is 0 Å². The summed E-state index contributed by atoms with van der Waals surface area (Å²) < 4.78 is 2.07. The SMILES string of the molecule is CCCCC(CC)Cn1c(N)nc2cccc(Cl)c21. The molecule has 0 spiro atoms. The third-order valence-electron chi connectivity index (χ3n) is 3.73. The van der Waals surface area contributed by atoms with E-state index >= 15 is 0 Å². The number of aromatic nitrogens is 2. The standard InChI is InChI=1S/C15H22ClN3/c1-3-5-7-11(4-2)10-19-14-12(16)8-6-9-13(14)18-15(19)17/h6,8-9,11H,3-5,7,10H2,1-2H3,(H2,17,18). The molecule has 1 unspecified atom stereocenters. The molecule has 0 saturated heterocycles. The Hall–Kier alpha value is -1.22. The van der Waals surface area contributed by atoms with Gasteiger partial charge in [-0.25, -0.2) is 4.98 Å². The number of rotatable bonds is 6. The fourth-order valence-corrected chi connectivity index (χ4v) is 2.79. The summed E-state index contributed by atoms with van der Waals surface area (Å²) in [4.78, 5) is 4.40. The van der Waals surface area contributed by atoms with Gasteiger partial charge < -0.3 is 10.3 Å². The number of unbranched alkanes of at least 4 members (excludes halogenated alkanes) is 1. The Bertz CT molecular complexity index is 548. The molecule has 0 aliphatic heterocycles. The topological polar surface area (TPSA) is 43.8 Å². The van der Waals surface area contributed by atoms with Gasteiger partial charge >= 0.3 is 0 Å². The molecule has 0 amide bonds. The van der Waals surface area contributed by atoms with E-state index in [0.717, 1.165) is 29.0 Å². The van der Waals surface area contributed by atoms with E-state index in [4.69, 9.17) is 17.3 Å². The fourth-order valence-electron chi connectivity index (χ4n) is 2.52. The number of fused-ring (bicyclic) bond motifs is 1. The highest BCUT2D eigenvalue weighted by Crippen LogP contribution is 2.27. The maximum atomic E-state index is 6.29. The first-order valence-corrected chi connectivity index (χ1v) is 7.45. The number of hydrogen-bond donors (Lipinski definition) is 1. The van der Waals surface area contributed by atoms with Gasteiger partial charge in [-0.05, 0) is 24.5 Å². The van der Waals surface area contributed by atoms with Crippen molar-refractivity contribution in [3.05, 3.63) is 23.2 Å². The van der Waals surface area contributed by atoms with Gasteiger partial charge in [0.05, 0.1) is 16.1 Å². The van der Waals surface area contributed by atoms with Crippen LogP contribution < -0.4 is 5.73 Å². The molecule has 1 heterocycles. The Labute approximate surface area is 119 Å². The highest BCUT2D eigenvalue weighted by molar-refractivity contribution is 6.35. The molecule has 0 radical (unpaired) electrons. The van der Waals surface area contributed by atoms with Crippen molar-refractivity contribution in [2.75, 3.05) is 5.73 Å². The van der Waals surface area contributed by atoms with Crippen LogP contribution in [0, 0.1) is 5.92 Å². The summed E-state index contributed by atoms with van der Waals surface area (Å²) in [5, 5.41) is 0.729. The average molecular weight is 280 g/mol. The second-order valence-corrected chi connectivity index (χ2v) is 5.51. The Balaban J connectivity index is 2.31. The van der Waals surface area contributed by atoms with Crippen molar-refractivity contribution in [3.8, 4) is 0 Å². The second kappa shape index (κ2) is 6.29. The number of nitrogens with two attached hydrogens (primary N) is 1. The molecule has 2 N–H and O–H groups in total. The molecule has 3 nitrogen and oxygen atoms in total. The van der Waals surface area contributed by atoms with Crippen molar-refractivity contribution >= 4 is 28.6 Å². The predicted molar refractivity (Wildman–Crippen MR) is 82.5 cm³/mol. The first kappa shape index (κ1) is 14.2. The molecule has 0 aliphatic carbocycles. The quantitative estimate of drug-likeness (QED) is 0.847. The average Bonchev–Trinajstić information content (AvgIpc) is 2.72. The normalized spacial score (nSPS) is 13.0. The zero-order chi connectivity index (χ0) is 13.8. The van der Waals surface area contributed by atoms with Gasteiger partial charge in [0.2, 0.25) is 5.95 Å². The molecule has 104 valence electrons. The zero-order valence-corrected chi connectivity index (χ0v) is 12.5. The summed E-state index contributed by atoms with van der Waals surface area (Å²) >= 11 is 6.29. The van der Waals surface area contributed by atoms with Crippen molar-refractivity contribution in [1.29, 1.82) is 0 Å². The first-order chi connectivity index (χ1) is 9.17. The van der Waals surface area contributed by atoms with Gasteiger partial charge in [-0.3, -0.25) is 0 Å². The van der Waals surface area contributed by atoms with Crippen LogP contribution in [0.4, 0.5) is 5.95 Å². The van der Waals surface area contributed by atoms with E-state index in [-0.39, 0.29) is 0 Å². The molecule has 1 aromatic heterocycles. The van der Waals surface area contributed by atoms with E-state index in [1.807, 2.05) is 18.2 Å². The summed E-state index contributed by atoms with van der Waals surface area (Å²) in [6.45, 7) is 5.37. The minimum atomic E-state index is 0.568. The number of imidazole rings is 1. The van der Waals surface area contributed by atoms with Crippen molar-refractivity contribution < 1.29 is 0 Å². The van der Waals surface area contributed by atoms with Crippen LogP contribution in [0.3, 0.4) is 0 Å². The molecule has 1 atom stereocenters. The molecule has 2 aromatic rings. The molecular formula is C15H22ClN3. The largest absolute Gasteiger partial charge is 0.369 e. The van der Waals surface area contributed by atoms with Gasteiger partial charge in [0, 0.05) is 6.54 Å². The van der Waals surface area contributed by atoms with Gasteiger partial charge in [-0.15, -0.1) is 0 Å². The van der Waals surface area contributed by atoms with Crippen LogP contribution in [0.1, 0.15) is 39.5 Å². The summed E-state index contributed by atoms with van der Waals surface area (Å²) in [5.41, 5.74) is 7.90.